The standard InChI is InChI=1S/C17H17ClO3/c1-11-6-4-5-7-12(11)8-15(19)13-9-16(20-2)17(21-3)10-14(13)18/h4-7,9-10H,8H2,1-3H3. The van der Waals surface area contributed by atoms with Crippen molar-refractivity contribution in [1.29, 1.82) is 0 Å². The number of carbonyl (C=O) groups is 1. The maximum absolute atomic E-state index is 12.5. The Hall–Kier alpha value is -2.00. The van der Waals surface area contributed by atoms with E-state index in [4.69, 9.17) is 21.1 Å². The first-order valence-corrected chi connectivity index (χ1v) is 6.93. The summed E-state index contributed by atoms with van der Waals surface area (Å²) in [6.45, 7) is 1.98. The smallest absolute Gasteiger partial charge is 0.168 e. The van der Waals surface area contributed by atoms with Gasteiger partial charge in [0.1, 0.15) is 0 Å². The molecule has 21 heavy (non-hydrogen) atoms. The Morgan fingerprint density at radius 2 is 1.71 bits per heavy atom. The highest BCUT2D eigenvalue weighted by molar-refractivity contribution is 6.34. The van der Waals surface area contributed by atoms with Crippen molar-refractivity contribution in [2.24, 2.45) is 0 Å². The number of ether oxygens (including phenoxy) is 2. The van der Waals surface area contributed by atoms with Gasteiger partial charge in [-0.2, -0.15) is 0 Å². The third-order valence-electron chi connectivity index (χ3n) is 3.39. The molecule has 0 bridgehead atoms. The maximum atomic E-state index is 12.5. The number of hydrogen-bond donors (Lipinski definition) is 0. The monoisotopic (exact) mass is 304 g/mol. The molecular formula is C17H17ClO3. The first-order chi connectivity index (χ1) is 10.1. The summed E-state index contributed by atoms with van der Waals surface area (Å²) in [5.41, 5.74) is 2.52. The highest BCUT2D eigenvalue weighted by atomic mass is 35.5. The first kappa shape index (κ1) is 15.4. The van der Waals surface area contributed by atoms with E-state index in [0.717, 1.165) is 11.1 Å². The lowest BCUT2D eigenvalue weighted by Gasteiger charge is -2.11. The molecule has 0 heterocycles. The Balaban J connectivity index is 2.33. The van der Waals surface area contributed by atoms with Gasteiger partial charge in [0.15, 0.2) is 17.3 Å². The maximum Gasteiger partial charge on any atom is 0.168 e. The van der Waals surface area contributed by atoms with Gasteiger partial charge in [0.05, 0.1) is 19.2 Å². The van der Waals surface area contributed by atoms with Gasteiger partial charge in [-0.15, -0.1) is 0 Å². The number of methoxy groups -OCH3 is 2. The first-order valence-electron chi connectivity index (χ1n) is 6.56. The van der Waals surface area contributed by atoms with Crippen molar-refractivity contribution in [2.45, 2.75) is 13.3 Å². The Morgan fingerprint density at radius 1 is 1.10 bits per heavy atom. The van der Waals surface area contributed by atoms with E-state index in [1.807, 2.05) is 31.2 Å². The Morgan fingerprint density at radius 3 is 2.33 bits per heavy atom. The second-order valence-corrected chi connectivity index (χ2v) is 5.12. The average molecular weight is 305 g/mol. The van der Waals surface area contributed by atoms with Crippen LogP contribution in [-0.4, -0.2) is 20.0 Å². The fraction of sp³-hybridized carbons (Fsp3) is 0.235. The SMILES string of the molecule is COc1cc(Cl)c(C(=O)Cc2ccccc2C)cc1OC. The average Bonchev–Trinajstić information content (AvgIpc) is 2.49. The minimum atomic E-state index is -0.0461. The summed E-state index contributed by atoms with van der Waals surface area (Å²) in [4.78, 5) is 12.5. The fourth-order valence-electron chi connectivity index (χ4n) is 2.14. The van der Waals surface area contributed by atoms with Crippen LogP contribution in [0.25, 0.3) is 0 Å². The highest BCUT2D eigenvalue weighted by Crippen LogP contribution is 2.33. The van der Waals surface area contributed by atoms with Crippen LogP contribution in [0.15, 0.2) is 36.4 Å². The molecule has 2 rings (SSSR count). The summed E-state index contributed by atoms with van der Waals surface area (Å²) in [6.07, 6.45) is 0.307. The number of ketones is 1. The molecule has 4 heteroatoms. The molecule has 0 N–H and O–H groups in total. The summed E-state index contributed by atoms with van der Waals surface area (Å²) in [7, 11) is 3.06. The van der Waals surface area contributed by atoms with E-state index >= 15 is 0 Å². The molecule has 0 aliphatic carbocycles. The zero-order valence-electron chi connectivity index (χ0n) is 12.3. The predicted molar refractivity (Wildman–Crippen MR) is 83.8 cm³/mol. The summed E-state index contributed by atoms with van der Waals surface area (Å²) < 4.78 is 10.4. The summed E-state index contributed by atoms with van der Waals surface area (Å²) in [6, 6.07) is 11.0. The number of hydrogen-bond acceptors (Lipinski definition) is 3. The van der Waals surface area contributed by atoms with Crippen LogP contribution in [0.3, 0.4) is 0 Å². The third-order valence-corrected chi connectivity index (χ3v) is 3.70. The summed E-state index contributed by atoms with van der Waals surface area (Å²) in [5.74, 6) is 0.959. The number of rotatable bonds is 5. The molecule has 0 fully saturated rings. The van der Waals surface area contributed by atoms with Gasteiger partial charge in [0, 0.05) is 18.1 Å². The van der Waals surface area contributed by atoms with E-state index in [-0.39, 0.29) is 5.78 Å². The zero-order chi connectivity index (χ0) is 15.4. The van der Waals surface area contributed by atoms with Crippen LogP contribution >= 0.6 is 11.6 Å². The molecule has 0 amide bonds. The molecule has 0 unspecified atom stereocenters. The molecule has 0 spiro atoms. The van der Waals surface area contributed by atoms with Crippen LogP contribution in [0.1, 0.15) is 21.5 Å². The largest absolute Gasteiger partial charge is 0.493 e. The van der Waals surface area contributed by atoms with E-state index in [9.17, 15) is 4.79 Å². The van der Waals surface area contributed by atoms with Crippen LogP contribution in [0.5, 0.6) is 11.5 Å². The number of aryl methyl sites for hydroxylation is 1. The number of benzene rings is 2. The van der Waals surface area contributed by atoms with Crippen molar-refractivity contribution < 1.29 is 14.3 Å². The van der Waals surface area contributed by atoms with Gasteiger partial charge < -0.3 is 9.47 Å². The molecule has 0 radical (unpaired) electrons. The molecule has 2 aromatic carbocycles. The van der Waals surface area contributed by atoms with Gasteiger partial charge in [-0.1, -0.05) is 35.9 Å². The topological polar surface area (TPSA) is 35.5 Å². The van der Waals surface area contributed by atoms with Crippen molar-refractivity contribution >= 4 is 17.4 Å². The highest BCUT2D eigenvalue weighted by Gasteiger charge is 2.16. The molecule has 0 aliphatic heterocycles. The van der Waals surface area contributed by atoms with E-state index < -0.39 is 0 Å². The number of carbonyl (C=O) groups excluding carboxylic acids is 1. The van der Waals surface area contributed by atoms with E-state index in [1.165, 1.54) is 14.2 Å². The van der Waals surface area contributed by atoms with Crippen molar-refractivity contribution in [1.82, 2.24) is 0 Å². The van der Waals surface area contributed by atoms with Crippen LogP contribution in [-0.2, 0) is 6.42 Å². The van der Waals surface area contributed by atoms with Crippen molar-refractivity contribution in [3.63, 3.8) is 0 Å². The normalized spacial score (nSPS) is 10.3. The lowest BCUT2D eigenvalue weighted by Crippen LogP contribution is -2.06. The molecule has 0 aromatic heterocycles. The second kappa shape index (κ2) is 6.64. The van der Waals surface area contributed by atoms with Gasteiger partial charge in [-0.3, -0.25) is 4.79 Å². The van der Waals surface area contributed by atoms with E-state index in [2.05, 4.69) is 0 Å². The molecule has 0 aliphatic rings. The lowest BCUT2D eigenvalue weighted by atomic mass is 9.99. The van der Waals surface area contributed by atoms with E-state index in [0.29, 0.717) is 28.5 Å². The van der Waals surface area contributed by atoms with Crippen LogP contribution in [0.2, 0.25) is 5.02 Å². The molecule has 110 valence electrons. The number of Topliss-reactive ketones (excluding diaryl/α,β-unsaturated/α-hetero) is 1. The molecule has 0 saturated heterocycles. The minimum Gasteiger partial charge on any atom is -0.493 e. The van der Waals surface area contributed by atoms with Gasteiger partial charge in [0.2, 0.25) is 0 Å². The van der Waals surface area contributed by atoms with Crippen LogP contribution in [0.4, 0.5) is 0 Å². The lowest BCUT2D eigenvalue weighted by molar-refractivity contribution is 0.0992. The molecule has 2 aromatic rings. The molecule has 3 nitrogen and oxygen atoms in total. The van der Waals surface area contributed by atoms with Gasteiger partial charge in [-0.05, 0) is 24.1 Å². The van der Waals surface area contributed by atoms with Crippen LogP contribution < -0.4 is 9.47 Å². The number of halogens is 1. The van der Waals surface area contributed by atoms with Crippen molar-refractivity contribution in [3.8, 4) is 11.5 Å². The summed E-state index contributed by atoms with van der Waals surface area (Å²) >= 11 is 6.18. The van der Waals surface area contributed by atoms with Crippen molar-refractivity contribution in [2.75, 3.05) is 14.2 Å². The Labute approximate surface area is 129 Å². The summed E-state index contributed by atoms with van der Waals surface area (Å²) in [5, 5.41) is 0.367. The molecular weight excluding hydrogens is 288 g/mol. The second-order valence-electron chi connectivity index (χ2n) is 4.71. The van der Waals surface area contributed by atoms with Crippen LogP contribution in [0, 0.1) is 6.92 Å². The van der Waals surface area contributed by atoms with E-state index in [1.54, 1.807) is 12.1 Å². The minimum absolute atomic E-state index is 0.0461. The molecule has 0 saturated carbocycles. The Kier molecular flexibility index (Phi) is 4.86. The third kappa shape index (κ3) is 3.37. The fourth-order valence-corrected chi connectivity index (χ4v) is 2.40. The van der Waals surface area contributed by atoms with Gasteiger partial charge >= 0.3 is 0 Å². The van der Waals surface area contributed by atoms with Crippen molar-refractivity contribution in [3.05, 3.63) is 58.1 Å². The molecule has 0 atom stereocenters. The Bertz CT molecular complexity index is 665. The van der Waals surface area contributed by atoms with Gasteiger partial charge in [-0.25, -0.2) is 0 Å². The quantitative estimate of drug-likeness (QED) is 0.780. The van der Waals surface area contributed by atoms with Gasteiger partial charge in [0.25, 0.3) is 0 Å². The zero-order valence-corrected chi connectivity index (χ0v) is 13.0. The predicted octanol–water partition coefficient (Wildman–Crippen LogP) is 4.09.